The van der Waals surface area contributed by atoms with Crippen molar-refractivity contribution in [3.63, 3.8) is 0 Å². The number of carbonyl (C=O) groups excluding carboxylic acids is 1. The lowest BCUT2D eigenvalue weighted by atomic mass is 10.1. The molecule has 0 aliphatic rings. The average Bonchev–Trinajstić information content (AvgIpc) is 2.67. The second-order valence-electron chi connectivity index (χ2n) is 5.22. The first-order chi connectivity index (χ1) is 13.3. The van der Waals surface area contributed by atoms with Crippen LogP contribution in [0.15, 0.2) is 53.4 Å². The Morgan fingerprint density at radius 2 is 1.86 bits per heavy atom. The highest BCUT2D eigenvalue weighted by Crippen LogP contribution is 2.40. The van der Waals surface area contributed by atoms with E-state index in [0.717, 1.165) is 18.2 Å². The highest BCUT2D eigenvalue weighted by molar-refractivity contribution is 7.87. The van der Waals surface area contributed by atoms with Crippen LogP contribution in [0.4, 0.5) is 5.69 Å². The molecule has 0 saturated heterocycles. The van der Waals surface area contributed by atoms with Crippen molar-refractivity contribution < 1.29 is 31.8 Å². The van der Waals surface area contributed by atoms with E-state index < -0.39 is 32.4 Å². The number of rotatable bonds is 8. The molecule has 0 saturated carbocycles. The first-order valence-corrected chi connectivity index (χ1v) is 9.40. The molecule has 2 aromatic carbocycles. The van der Waals surface area contributed by atoms with Gasteiger partial charge in [-0.05, 0) is 31.2 Å². The molecule has 10 heteroatoms. The Hall–Kier alpha value is -3.40. The molecule has 0 bridgehead atoms. The Bertz CT molecular complexity index is 1000. The van der Waals surface area contributed by atoms with Gasteiger partial charge in [0, 0.05) is 12.1 Å². The van der Waals surface area contributed by atoms with Gasteiger partial charge < -0.3 is 13.7 Å². The van der Waals surface area contributed by atoms with Crippen LogP contribution in [0.1, 0.15) is 12.5 Å². The quantitative estimate of drug-likeness (QED) is 0.215. The second kappa shape index (κ2) is 9.00. The van der Waals surface area contributed by atoms with E-state index in [9.17, 15) is 23.3 Å². The molecule has 0 heterocycles. The minimum atomic E-state index is -4.31. The maximum absolute atomic E-state index is 12.6. The highest BCUT2D eigenvalue weighted by atomic mass is 32.2. The van der Waals surface area contributed by atoms with Gasteiger partial charge >= 0.3 is 16.1 Å². The molecule has 28 heavy (non-hydrogen) atoms. The third-order valence-corrected chi connectivity index (χ3v) is 4.69. The number of ether oxygens (including phenoxy) is 2. The first kappa shape index (κ1) is 20.9. The number of nitrogens with zero attached hydrogens (tertiary/aromatic N) is 1. The predicted octanol–water partition coefficient (Wildman–Crippen LogP) is 2.95. The van der Waals surface area contributed by atoms with Gasteiger partial charge in [0.1, 0.15) is 10.5 Å². The molecule has 2 rings (SSSR count). The largest absolute Gasteiger partial charge is 0.493 e. The molecular formula is C18H17NO8S. The van der Waals surface area contributed by atoms with E-state index in [-0.39, 0.29) is 22.8 Å². The Morgan fingerprint density at radius 3 is 2.43 bits per heavy atom. The average molecular weight is 407 g/mol. The number of nitro benzene ring substituents is 1. The SMILES string of the molecule is CCOC(=O)/C=C/c1c([N+](=O)[O-])ccc(OC)c1OS(=O)(=O)c1ccccc1. The molecule has 0 spiro atoms. The zero-order valence-electron chi connectivity index (χ0n) is 15.0. The van der Waals surface area contributed by atoms with Crippen LogP contribution < -0.4 is 8.92 Å². The number of carbonyl (C=O) groups is 1. The highest BCUT2D eigenvalue weighted by Gasteiger charge is 2.26. The molecule has 0 atom stereocenters. The lowest BCUT2D eigenvalue weighted by molar-refractivity contribution is -0.385. The van der Waals surface area contributed by atoms with Crippen LogP contribution in [-0.2, 0) is 19.6 Å². The molecule has 9 nitrogen and oxygen atoms in total. The Morgan fingerprint density at radius 1 is 1.18 bits per heavy atom. The molecule has 0 N–H and O–H groups in total. The summed E-state index contributed by atoms with van der Waals surface area (Å²) in [5.41, 5.74) is -0.725. The van der Waals surface area contributed by atoms with Crippen molar-refractivity contribution >= 4 is 27.9 Å². The number of esters is 1. The van der Waals surface area contributed by atoms with Crippen LogP contribution in [0.25, 0.3) is 6.08 Å². The normalized spacial score (nSPS) is 11.2. The summed E-state index contributed by atoms with van der Waals surface area (Å²) in [5, 5.41) is 11.4. The summed E-state index contributed by atoms with van der Waals surface area (Å²) in [7, 11) is -3.06. The lowest BCUT2D eigenvalue weighted by Gasteiger charge is -2.13. The Kier molecular flexibility index (Phi) is 6.72. The summed E-state index contributed by atoms with van der Waals surface area (Å²) in [5.74, 6) is -1.23. The van der Waals surface area contributed by atoms with Gasteiger partial charge in [-0.25, -0.2) is 4.79 Å². The summed E-state index contributed by atoms with van der Waals surface area (Å²) in [6, 6.07) is 9.58. The third-order valence-electron chi connectivity index (χ3n) is 3.45. The molecule has 2 aromatic rings. The summed E-state index contributed by atoms with van der Waals surface area (Å²) in [6.45, 7) is 1.70. The van der Waals surface area contributed by atoms with Crippen molar-refractivity contribution in [3.8, 4) is 11.5 Å². The van der Waals surface area contributed by atoms with Crippen LogP contribution >= 0.6 is 0 Å². The van der Waals surface area contributed by atoms with E-state index in [2.05, 4.69) is 0 Å². The summed E-state index contributed by atoms with van der Waals surface area (Å²) < 4.78 is 40.2. The fraction of sp³-hybridized carbons (Fsp3) is 0.167. The second-order valence-corrected chi connectivity index (χ2v) is 6.77. The van der Waals surface area contributed by atoms with Gasteiger partial charge in [0.25, 0.3) is 5.69 Å². The maximum Gasteiger partial charge on any atom is 0.339 e. The van der Waals surface area contributed by atoms with Gasteiger partial charge in [-0.3, -0.25) is 10.1 Å². The van der Waals surface area contributed by atoms with Crippen molar-refractivity contribution in [3.05, 3.63) is 64.2 Å². The molecule has 0 fully saturated rings. The number of hydrogen-bond acceptors (Lipinski definition) is 8. The number of hydrogen-bond donors (Lipinski definition) is 0. The van der Waals surface area contributed by atoms with Crippen LogP contribution in [0.5, 0.6) is 11.5 Å². The fourth-order valence-corrected chi connectivity index (χ4v) is 3.20. The van der Waals surface area contributed by atoms with Crippen molar-refractivity contribution in [2.24, 2.45) is 0 Å². The predicted molar refractivity (Wildman–Crippen MR) is 99.6 cm³/mol. The molecule has 0 aliphatic heterocycles. The van der Waals surface area contributed by atoms with E-state index in [0.29, 0.717) is 0 Å². The van der Waals surface area contributed by atoms with Gasteiger partial charge in [0.15, 0.2) is 11.5 Å². The van der Waals surface area contributed by atoms with Crippen molar-refractivity contribution in [2.45, 2.75) is 11.8 Å². The topological polar surface area (TPSA) is 122 Å². The smallest absolute Gasteiger partial charge is 0.339 e. The van der Waals surface area contributed by atoms with Gasteiger partial charge in [-0.15, -0.1) is 0 Å². The Labute approximate surface area is 161 Å². The third kappa shape index (κ3) is 4.86. The standard InChI is InChI=1S/C18H17NO8S/c1-3-26-17(20)12-9-14-15(19(21)22)10-11-16(25-2)18(14)27-28(23,24)13-7-5-4-6-8-13/h4-12H,3H2,1-2H3/b12-9+. The molecule has 0 aliphatic carbocycles. The van der Waals surface area contributed by atoms with Crippen LogP contribution in [0.2, 0.25) is 0 Å². The van der Waals surface area contributed by atoms with Crippen LogP contribution in [0, 0.1) is 10.1 Å². The number of benzene rings is 2. The van der Waals surface area contributed by atoms with Crippen molar-refractivity contribution in [2.75, 3.05) is 13.7 Å². The zero-order valence-corrected chi connectivity index (χ0v) is 15.8. The van der Waals surface area contributed by atoms with Crippen LogP contribution in [0.3, 0.4) is 0 Å². The summed E-state index contributed by atoms with van der Waals surface area (Å²) >= 11 is 0. The van der Waals surface area contributed by atoms with E-state index in [1.807, 2.05) is 0 Å². The van der Waals surface area contributed by atoms with Gasteiger partial charge in [0.2, 0.25) is 0 Å². The molecule has 148 valence electrons. The summed E-state index contributed by atoms with van der Waals surface area (Å²) in [4.78, 5) is 22.1. The molecule has 0 amide bonds. The molecule has 0 unspecified atom stereocenters. The zero-order chi connectivity index (χ0) is 20.7. The van der Waals surface area contributed by atoms with Gasteiger partial charge in [0.05, 0.1) is 18.6 Å². The van der Waals surface area contributed by atoms with E-state index in [4.69, 9.17) is 13.7 Å². The van der Waals surface area contributed by atoms with Crippen LogP contribution in [-0.4, -0.2) is 33.0 Å². The van der Waals surface area contributed by atoms with E-state index in [1.165, 1.54) is 37.4 Å². The first-order valence-electron chi connectivity index (χ1n) is 8.00. The van der Waals surface area contributed by atoms with Gasteiger partial charge in [-0.2, -0.15) is 8.42 Å². The van der Waals surface area contributed by atoms with E-state index >= 15 is 0 Å². The fourth-order valence-electron chi connectivity index (χ4n) is 2.22. The minimum Gasteiger partial charge on any atom is -0.493 e. The molecule has 0 aromatic heterocycles. The number of methoxy groups -OCH3 is 1. The Balaban J connectivity index is 2.62. The van der Waals surface area contributed by atoms with Crippen molar-refractivity contribution in [1.82, 2.24) is 0 Å². The molecular weight excluding hydrogens is 390 g/mol. The van der Waals surface area contributed by atoms with Crippen molar-refractivity contribution in [1.29, 1.82) is 0 Å². The minimum absolute atomic E-state index is 0.0615. The lowest BCUT2D eigenvalue weighted by Crippen LogP contribution is -2.12. The monoisotopic (exact) mass is 407 g/mol. The number of nitro groups is 1. The maximum atomic E-state index is 12.6. The van der Waals surface area contributed by atoms with E-state index in [1.54, 1.807) is 13.0 Å². The molecule has 0 radical (unpaired) electrons. The van der Waals surface area contributed by atoms with Gasteiger partial charge in [-0.1, -0.05) is 18.2 Å². The summed E-state index contributed by atoms with van der Waals surface area (Å²) in [6.07, 6.45) is 1.99.